The number of rotatable bonds is 3. The van der Waals surface area contributed by atoms with Crippen LogP contribution in [0.25, 0.3) is 0 Å². The first-order chi connectivity index (χ1) is 7.29. The normalized spacial score (nSPS) is 22.1. The number of likely N-dealkylation sites (tertiary alicyclic amines) is 1. The quantitative estimate of drug-likeness (QED) is 0.813. The largest absolute Gasteiger partial charge is 0.326 e. The van der Waals surface area contributed by atoms with Crippen molar-refractivity contribution in [2.45, 2.75) is 32.4 Å². The predicted octanol–water partition coefficient (Wildman–Crippen LogP) is 1.78. The molecule has 0 bridgehead atoms. The third-order valence-corrected chi connectivity index (χ3v) is 3.20. The summed E-state index contributed by atoms with van der Waals surface area (Å²) in [6, 6.07) is 9.11. The minimum atomic E-state index is 0.388. The minimum Gasteiger partial charge on any atom is -0.326 e. The van der Waals surface area contributed by atoms with Gasteiger partial charge in [0.25, 0.3) is 0 Å². The van der Waals surface area contributed by atoms with Crippen LogP contribution in [-0.4, -0.2) is 24.0 Å². The first kappa shape index (κ1) is 10.7. The Morgan fingerprint density at radius 1 is 1.33 bits per heavy atom. The highest BCUT2D eigenvalue weighted by atomic mass is 15.2. The molecule has 0 radical (unpaired) electrons. The summed E-state index contributed by atoms with van der Waals surface area (Å²) in [5.74, 6) is 0. The highest BCUT2D eigenvalue weighted by Crippen LogP contribution is 2.15. The van der Waals surface area contributed by atoms with Crippen molar-refractivity contribution in [2.75, 3.05) is 13.1 Å². The molecule has 1 fully saturated rings. The van der Waals surface area contributed by atoms with Gasteiger partial charge in [0.1, 0.15) is 0 Å². The topological polar surface area (TPSA) is 29.3 Å². The molecule has 2 rings (SSSR count). The van der Waals surface area contributed by atoms with Gasteiger partial charge in [-0.05, 0) is 24.0 Å². The molecule has 1 aromatic rings. The average Bonchev–Trinajstić information content (AvgIpc) is 2.65. The molecule has 15 heavy (non-hydrogen) atoms. The van der Waals surface area contributed by atoms with Gasteiger partial charge in [-0.15, -0.1) is 0 Å². The Labute approximate surface area is 92.1 Å². The van der Waals surface area contributed by atoms with E-state index in [9.17, 15) is 0 Å². The molecular weight excluding hydrogens is 184 g/mol. The van der Waals surface area contributed by atoms with Gasteiger partial charge in [-0.1, -0.05) is 31.2 Å². The molecule has 0 saturated carbocycles. The Bertz CT molecular complexity index is 322. The Kier molecular flexibility index (Phi) is 3.39. The molecule has 0 aromatic heterocycles. The summed E-state index contributed by atoms with van der Waals surface area (Å²) in [7, 11) is 0. The molecule has 0 unspecified atom stereocenters. The van der Waals surface area contributed by atoms with Gasteiger partial charge in [-0.2, -0.15) is 0 Å². The summed E-state index contributed by atoms with van der Waals surface area (Å²) in [6.45, 7) is 5.49. The second-order valence-corrected chi connectivity index (χ2v) is 4.41. The zero-order valence-electron chi connectivity index (χ0n) is 9.45. The number of hydrogen-bond acceptors (Lipinski definition) is 2. The van der Waals surface area contributed by atoms with E-state index in [0.29, 0.717) is 6.04 Å². The summed E-state index contributed by atoms with van der Waals surface area (Å²) >= 11 is 0. The van der Waals surface area contributed by atoms with Gasteiger partial charge in [-0.3, -0.25) is 4.90 Å². The van der Waals surface area contributed by atoms with Gasteiger partial charge in [-0.25, -0.2) is 0 Å². The van der Waals surface area contributed by atoms with E-state index < -0.39 is 0 Å². The van der Waals surface area contributed by atoms with E-state index in [4.69, 9.17) is 5.73 Å². The Morgan fingerprint density at radius 3 is 2.67 bits per heavy atom. The number of nitrogens with two attached hydrogens (primary N) is 1. The lowest BCUT2D eigenvalue weighted by molar-refractivity contribution is 0.326. The SMILES string of the molecule is CCc1ccccc1CN1CC[C@H](N)C1. The third kappa shape index (κ3) is 2.58. The molecule has 1 aliphatic rings. The summed E-state index contributed by atoms with van der Waals surface area (Å²) < 4.78 is 0. The second-order valence-electron chi connectivity index (χ2n) is 4.41. The molecule has 1 aromatic carbocycles. The van der Waals surface area contributed by atoms with E-state index in [1.165, 1.54) is 11.1 Å². The zero-order chi connectivity index (χ0) is 10.7. The lowest BCUT2D eigenvalue weighted by Crippen LogP contribution is -2.26. The molecule has 2 heteroatoms. The van der Waals surface area contributed by atoms with Crippen molar-refractivity contribution >= 4 is 0 Å². The van der Waals surface area contributed by atoms with Crippen molar-refractivity contribution in [1.82, 2.24) is 4.90 Å². The summed E-state index contributed by atoms with van der Waals surface area (Å²) in [6.07, 6.45) is 2.27. The van der Waals surface area contributed by atoms with Crippen LogP contribution in [0.1, 0.15) is 24.5 Å². The van der Waals surface area contributed by atoms with Crippen LogP contribution in [0.4, 0.5) is 0 Å². The molecule has 1 aliphatic heterocycles. The fourth-order valence-electron chi connectivity index (χ4n) is 2.30. The minimum absolute atomic E-state index is 0.388. The molecule has 1 heterocycles. The van der Waals surface area contributed by atoms with E-state index >= 15 is 0 Å². The monoisotopic (exact) mass is 204 g/mol. The van der Waals surface area contributed by atoms with E-state index in [-0.39, 0.29) is 0 Å². The highest BCUT2D eigenvalue weighted by molar-refractivity contribution is 5.27. The maximum atomic E-state index is 5.91. The van der Waals surface area contributed by atoms with Crippen molar-refractivity contribution in [3.05, 3.63) is 35.4 Å². The van der Waals surface area contributed by atoms with Gasteiger partial charge in [0.05, 0.1) is 0 Å². The Morgan fingerprint density at radius 2 is 2.07 bits per heavy atom. The Hall–Kier alpha value is -0.860. The van der Waals surface area contributed by atoms with Crippen LogP contribution in [0.2, 0.25) is 0 Å². The molecular formula is C13H20N2. The predicted molar refractivity (Wildman–Crippen MR) is 63.7 cm³/mol. The van der Waals surface area contributed by atoms with Crippen LogP contribution in [-0.2, 0) is 13.0 Å². The van der Waals surface area contributed by atoms with E-state index in [0.717, 1.165) is 32.5 Å². The number of benzene rings is 1. The van der Waals surface area contributed by atoms with Crippen LogP contribution >= 0.6 is 0 Å². The van der Waals surface area contributed by atoms with Gasteiger partial charge >= 0.3 is 0 Å². The lowest BCUT2D eigenvalue weighted by Gasteiger charge is -2.17. The standard InChI is InChI=1S/C13H20N2/c1-2-11-5-3-4-6-12(11)9-15-8-7-13(14)10-15/h3-6,13H,2,7-10,14H2,1H3/t13-/m0/s1. The highest BCUT2D eigenvalue weighted by Gasteiger charge is 2.19. The fraction of sp³-hybridized carbons (Fsp3) is 0.538. The molecule has 0 aliphatic carbocycles. The van der Waals surface area contributed by atoms with Crippen LogP contribution in [0.15, 0.2) is 24.3 Å². The van der Waals surface area contributed by atoms with Crippen LogP contribution < -0.4 is 5.73 Å². The average molecular weight is 204 g/mol. The van der Waals surface area contributed by atoms with E-state index in [1.807, 2.05) is 0 Å². The van der Waals surface area contributed by atoms with Gasteiger partial charge in [0.15, 0.2) is 0 Å². The van der Waals surface area contributed by atoms with Crippen LogP contribution in [0.5, 0.6) is 0 Å². The van der Waals surface area contributed by atoms with E-state index in [1.54, 1.807) is 0 Å². The van der Waals surface area contributed by atoms with Crippen molar-refractivity contribution < 1.29 is 0 Å². The van der Waals surface area contributed by atoms with Gasteiger partial charge < -0.3 is 5.73 Å². The molecule has 2 nitrogen and oxygen atoms in total. The van der Waals surface area contributed by atoms with Gasteiger partial charge in [0.2, 0.25) is 0 Å². The van der Waals surface area contributed by atoms with Crippen molar-refractivity contribution in [1.29, 1.82) is 0 Å². The molecule has 1 saturated heterocycles. The number of nitrogens with zero attached hydrogens (tertiary/aromatic N) is 1. The van der Waals surface area contributed by atoms with Gasteiger partial charge in [0, 0.05) is 25.7 Å². The second kappa shape index (κ2) is 4.77. The zero-order valence-corrected chi connectivity index (χ0v) is 9.45. The van der Waals surface area contributed by atoms with Crippen LogP contribution in [0.3, 0.4) is 0 Å². The lowest BCUT2D eigenvalue weighted by atomic mass is 10.1. The Balaban J connectivity index is 2.04. The third-order valence-electron chi connectivity index (χ3n) is 3.20. The molecule has 82 valence electrons. The maximum Gasteiger partial charge on any atom is 0.0237 e. The maximum absolute atomic E-state index is 5.91. The summed E-state index contributed by atoms with van der Waals surface area (Å²) in [5.41, 5.74) is 8.84. The first-order valence-corrected chi connectivity index (χ1v) is 5.84. The number of hydrogen-bond donors (Lipinski definition) is 1. The molecule has 1 atom stereocenters. The smallest absolute Gasteiger partial charge is 0.0237 e. The van der Waals surface area contributed by atoms with Crippen molar-refractivity contribution in [3.63, 3.8) is 0 Å². The molecule has 0 spiro atoms. The van der Waals surface area contributed by atoms with Crippen LogP contribution in [0, 0.1) is 0 Å². The molecule has 0 amide bonds. The molecule has 2 N–H and O–H groups in total. The van der Waals surface area contributed by atoms with Crippen molar-refractivity contribution in [2.24, 2.45) is 5.73 Å². The van der Waals surface area contributed by atoms with Crippen molar-refractivity contribution in [3.8, 4) is 0 Å². The summed E-state index contributed by atoms with van der Waals surface area (Å²) in [4.78, 5) is 2.46. The number of aryl methyl sites for hydroxylation is 1. The first-order valence-electron chi connectivity index (χ1n) is 5.84. The summed E-state index contributed by atoms with van der Waals surface area (Å²) in [5, 5.41) is 0. The fourth-order valence-corrected chi connectivity index (χ4v) is 2.30. The van der Waals surface area contributed by atoms with E-state index in [2.05, 4.69) is 36.1 Å².